The molecule has 1 aliphatic carbocycles. The molecule has 5 nitrogen and oxygen atoms in total. The molecule has 0 atom stereocenters. The summed E-state index contributed by atoms with van der Waals surface area (Å²) in [5, 5.41) is 9.67. The van der Waals surface area contributed by atoms with Crippen LogP contribution < -0.4 is 5.32 Å². The van der Waals surface area contributed by atoms with Crippen LogP contribution in [0.3, 0.4) is 0 Å². The molecule has 0 bridgehead atoms. The highest BCUT2D eigenvalue weighted by molar-refractivity contribution is 5.90. The first-order valence-electron chi connectivity index (χ1n) is 6.98. The van der Waals surface area contributed by atoms with Crippen molar-refractivity contribution in [3.8, 4) is 0 Å². The molecule has 1 aromatic carbocycles. The van der Waals surface area contributed by atoms with Gasteiger partial charge < -0.3 is 5.32 Å². The van der Waals surface area contributed by atoms with E-state index in [0.717, 1.165) is 25.1 Å². The van der Waals surface area contributed by atoms with Crippen molar-refractivity contribution in [2.75, 3.05) is 6.54 Å². The topological polar surface area (TPSA) is 70.7 Å². The molecule has 0 spiro atoms. The van der Waals surface area contributed by atoms with Crippen molar-refractivity contribution < 1.29 is 4.79 Å². The molecule has 1 heterocycles. The molecule has 2 N–H and O–H groups in total. The van der Waals surface area contributed by atoms with Gasteiger partial charge >= 0.3 is 0 Å². The zero-order valence-electron chi connectivity index (χ0n) is 11.5. The number of amides is 1. The van der Waals surface area contributed by atoms with E-state index in [2.05, 4.69) is 45.6 Å². The smallest absolute Gasteiger partial charge is 0.290 e. The van der Waals surface area contributed by atoms with Crippen molar-refractivity contribution in [3.05, 3.63) is 47.0 Å². The van der Waals surface area contributed by atoms with Gasteiger partial charge in [0.2, 0.25) is 5.82 Å². The van der Waals surface area contributed by atoms with Crippen LogP contribution in [0.2, 0.25) is 0 Å². The van der Waals surface area contributed by atoms with Crippen molar-refractivity contribution >= 4 is 5.91 Å². The number of carbonyl (C=O) groups is 1. The average Bonchev–Trinajstić information content (AvgIpc) is 3.16. The number of H-pyrrole nitrogens is 1. The van der Waals surface area contributed by atoms with Crippen LogP contribution in [-0.4, -0.2) is 27.6 Å². The molecule has 3 rings (SSSR count). The van der Waals surface area contributed by atoms with Crippen LogP contribution >= 0.6 is 0 Å². The number of nitrogens with one attached hydrogen (secondary N) is 2. The standard InChI is InChI=1S/C15H18N4O/c1-10-3-2-4-11(9-10)7-8-16-15(20)14-17-13(18-19-14)12-5-6-12/h2-4,9,12H,5-8H2,1H3,(H,16,20)(H,17,18,19). The molecule has 0 saturated heterocycles. The monoisotopic (exact) mass is 270 g/mol. The summed E-state index contributed by atoms with van der Waals surface area (Å²) in [4.78, 5) is 16.1. The van der Waals surface area contributed by atoms with Crippen LogP contribution in [-0.2, 0) is 6.42 Å². The zero-order chi connectivity index (χ0) is 13.9. The third kappa shape index (κ3) is 3.04. The SMILES string of the molecule is Cc1cccc(CCNC(=O)c2n[nH]c(C3CC3)n2)c1. The molecule has 5 heteroatoms. The lowest BCUT2D eigenvalue weighted by Gasteiger charge is -2.03. The summed E-state index contributed by atoms with van der Waals surface area (Å²) in [7, 11) is 0. The van der Waals surface area contributed by atoms with E-state index < -0.39 is 0 Å². The summed E-state index contributed by atoms with van der Waals surface area (Å²) >= 11 is 0. The van der Waals surface area contributed by atoms with Gasteiger partial charge in [-0.1, -0.05) is 29.8 Å². The fraction of sp³-hybridized carbons (Fsp3) is 0.400. The molecule has 1 saturated carbocycles. The Labute approximate surface area is 117 Å². The van der Waals surface area contributed by atoms with Gasteiger partial charge in [0.15, 0.2) is 0 Å². The summed E-state index contributed by atoms with van der Waals surface area (Å²) in [5.74, 6) is 1.36. The number of hydrogen-bond acceptors (Lipinski definition) is 3. The quantitative estimate of drug-likeness (QED) is 0.872. The maximum Gasteiger partial charge on any atom is 0.290 e. The molecule has 1 aliphatic rings. The minimum atomic E-state index is -0.208. The van der Waals surface area contributed by atoms with Gasteiger partial charge in [-0.15, -0.1) is 5.10 Å². The van der Waals surface area contributed by atoms with Gasteiger partial charge in [0.05, 0.1) is 0 Å². The lowest BCUT2D eigenvalue weighted by Crippen LogP contribution is -2.26. The number of carbonyl (C=O) groups excluding carboxylic acids is 1. The van der Waals surface area contributed by atoms with Crippen molar-refractivity contribution in [3.63, 3.8) is 0 Å². The molecule has 2 aromatic rings. The lowest BCUT2D eigenvalue weighted by atomic mass is 10.1. The van der Waals surface area contributed by atoms with Gasteiger partial charge in [-0.2, -0.15) is 0 Å². The highest BCUT2D eigenvalue weighted by Crippen LogP contribution is 2.37. The summed E-state index contributed by atoms with van der Waals surface area (Å²) in [6, 6.07) is 8.29. The maximum atomic E-state index is 11.9. The van der Waals surface area contributed by atoms with E-state index in [0.29, 0.717) is 12.5 Å². The van der Waals surface area contributed by atoms with Gasteiger partial charge in [0.25, 0.3) is 5.91 Å². The second-order valence-corrected chi connectivity index (χ2v) is 5.31. The number of aromatic nitrogens is 3. The van der Waals surface area contributed by atoms with Crippen LogP contribution in [0.15, 0.2) is 24.3 Å². The van der Waals surface area contributed by atoms with Crippen LogP contribution in [0.1, 0.15) is 46.3 Å². The van der Waals surface area contributed by atoms with Gasteiger partial charge in [0.1, 0.15) is 5.82 Å². The highest BCUT2D eigenvalue weighted by Gasteiger charge is 2.28. The highest BCUT2D eigenvalue weighted by atomic mass is 16.2. The van der Waals surface area contributed by atoms with Crippen molar-refractivity contribution in [1.82, 2.24) is 20.5 Å². The first kappa shape index (κ1) is 12.8. The summed E-state index contributed by atoms with van der Waals surface area (Å²) in [6.07, 6.45) is 3.10. The van der Waals surface area contributed by atoms with Gasteiger partial charge in [-0.05, 0) is 31.7 Å². The van der Waals surface area contributed by atoms with Gasteiger partial charge in [-0.3, -0.25) is 9.89 Å². The van der Waals surface area contributed by atoms with E-state index in [-0.39, 0.29) is 11.7 Å². The van der Waals surface area contributed by atoms with E-state index in [1.54, 1.807) is 0 Å². The first-order chi connectivity index (χ1) is 9.72. The van der Waals surface area contributed by atoms with Crippen molar-refractivity contribution in [1.29, 1.82) is 0 Å². The fourth-order valence-electron chi connectivity index (χ4n) is 2.18. The summed E-state index contributed by atoms with van der Waals surface area (Å²) in [5.41, 5.74) is 2.45. The van der Waals surface area contributed by atoms with E-state index in [1.807, 2.05) is 6.07 Å². The summed E-state index contributed by atoms with van der Waals surface area (Å²) < 4.78 is 0. The van der Waals surface area contributed by atoms with Crippen LogP contribution in [0, 0.1) is 6.92 Å². The molecular weight excluding hydrogens is 252 g/mol. The molecule has 20 heavy (non-hydrogen) atoms. The number of benzene rings is 1. The third-order valence-corrected chi connectivity index (χ3v) is 3.45. The number of rotatable bonds is 5. The predicted molar refractivity (Wildman–Crippen MR) is 75.6 cm³/mol. The molecular formula is C15H18N4O. The Hall–Kier alpha value is -2.17. The Morgan fingerprint density at radius 3 is 3.05 bits per heavy atom. The molecule has 1 amide bonds. The Morgan fingerprint density at radius 2 is 2.30 bits per heavy atom. The second-order valence-electron chi connectivity index (χ2n) is 5.31. The Balaban J connectivity index is 1.51. The van der Waals surface area contributed by atoms with Crippen LogP contribution in [0.5, 0.6) is 0 Å². The van der Waals surface area contributed by atoms with Crippen molar-refractivity contribution in [2.24, 2.45) is 0 Å². The third-order valence-electron chi connectivity index (χ3n) is 3.45. The molecule has 1 aromatic heterocycles. The number of aromatic amines is 1. The molecule has 0 unspecified atom stereocenters. The average molecular weight is 270 g/mol. The van der Waals surface area contributed by atoms with E-state index >= 15 is 0 Å². The zero-order valence-corrected chi connectivity index (χ0v) is 11.5. The predicted octanol–water partition coefficient (Wildman–Crippen LogP) is 1.96. The van der Waals surface area contributed by atoms with Crippen molar-refractivity contribution in [2.45, 2.75) is 32.1 Å². The maximum absolute atomic E-state index is 11.9. The van der Waals surface area contributed by atoms with E-state index in [4.69, 9.17) is 0 Å². The van der Waals surface area contributed by atoms with Gasteiger partial charge in [-0.25, -0.2) is 4.98 Å². The summed E-state index contributed by atoms with van der Waals surface area (Å²) in [6.45, 7) is 2.66. The number of nitrogens with zero attached hydrogens (tertiary/aromatic N) is 2. The van der Waals surface area contributed by atoms with Crippen LogP contribution in [0.25, 0.3) is 0 Å². The van der Waals surface area contributed by atoms with Gasteiger partial charge in [0, 0.05) is 12.5 Å². The van der Waals surface area contributed by atoms with Crippen LogP contribution in [0.4, 0.5) is 0 Å². The van der Waals surface area contributed by atoms with E-state index in [1.165, 1.54) is 11.1 Å². The first-order valence-corrected chi connectivity index (χ1v) is 6.98. The molecule has 1 fully saturated rings. The van der Waals surface area contributed by atoms with E-state index in [9.17, 15) is 4.79 Å². The Morgan fingerprint density at radius 1 is 1.45 bits per heavy atom. The number of hydrogen-bond donors (Lipinski definition) is 2. The minimum absolute atomic E-state index is 0.208. The Kier molecular flexibility index (Phi) is 3.50. The normalized spacial score (nSPS) is 14.2. The molecule has 0 aliphatic heterocycles. The fourth-order valence-corrected chi connectivity index (χ4v) is 2.18. The minimum Gasteiger partial charge on any atom is -0.349 e. The Bertz CT molecular complexity index is 616. The second kappa shape index (κ2) is 5.45. The molecule has 104 valence electrons. The largest absolute Gasteiger partial charge is 0.349 e. The lowest BCUT2D eigenvalue weighted by molar-refractivity contribution is 0.0944. The molecule has 0 radical (unpaired) electrons. The number of aryl methyl sites for hydroxylation is 1.